The Morgan fingerprint density at radius 1 is 0.878 bits per heavy atom. The molecule has 0 spiro atoms. The van der Waals surface area contributed by atoms with Gasteiger partial charge in [-0.1, -0.05) is 48.5 Å². The Kier molecular flexibility index (Phi) is 7.29. The maximum atomic E-state index is 13.4. The third-order valence-corrected chi connectivity index (χ3v) is 8.10. The molecule has 214 valence electrons. The molecule has 41 heavy (non-hydrogen) atoms. The number of carbonyl (C=O) groups is 2. The van der Waals surface area contributed by atoms with Crippen LogP contribution in [-0.4, -0.2) is 49.6 Å². The summed E-state index contributed by atoms with van der Waals surface area (Å²) in [7, 11) is 0.901. The molecule has 0 unspecified atom stereocenters. The zero-order valence-electron chi connectivity index (χ0n) is 25.1. The molecule has 1 aliphatic carbocycles. The van der Waals surface area contributed by atoms with Crippen molar-refractivity contribution in [3.05, 3.63) is 83.4 Å². The minimum atomic E-state index is -0.725. The number of nitrogens with zero attached hydrogens (tertiary/aromatic N) is 1. The van der Waals surface area contributed by atoms with E-state index >= 15 is 0 Å². The molecule has 1 amide bonds. The average molecular weight is 555 g/mol. The van der Waals surface area contributed by atoms with Crippen LogP contribution in [0.1, 0.15) is 75.9 Å². The minimum absolute atomic E-state index is 0.0619. The summed E-state index contributed by atoms with van der Waals surface area (Å²) in [6, 6.07) is 21.5. The summed E-state index contributed by atoms with van der Waals surface area (Å²) in [6.45, 7) is 13.5. The Hall–Kier alpha value is -3.62. The van der Waals surface area contributed by atoms with Crippen LogP contribution >= 0.6 is 0 Å². The van der Waals surface area contributed by atoms with Crippen LogP contribution in [0.5, 0.6) is 0 Å². The fourth-order valence-electron chi connectivity index (χ4n) is 5.19. The van der Waals surface area contributed by atoms with Crippen molar-refractivity contribution in [3.63, 3.8) is 0 Å². The van der Waals surface area contributed by atoms with Gasteiger partial charge in [-0.15, -0.1) is 0 Å². The molecule has 0 N–H and O–H groups in total. The molecule has 5 rings (SSSR count). The van der Waals surface area contributed by atoms with Gasteiger partial charge in [0.2, 0.25) is 0 Å². The molecule has 0 atom stereocenters. The normalized spacial score (nSPS) is 17.1. The summed E-state index contributed by atoms with van der Waals surface area (Å²) in [6.07, 6.45) is -0.534. The lowest BCUT2D eigenvalue weighted by Crippen LogP contribution is -2.41. The maximum absolute atomic E-state index is 13.4. The zero-order chi connectivity index (χ0) is 29.7. The number of esters is 1. The molecule has 3 aromatic carbocycles. The monoisotopic (exact) mass is 555 g/mol. The van der Waals surface area contributed by atoms with Gasteiger partial charge in [0.05, 0.1) is 16.8 Å². The second-order valence-electron chi connectivity index (χ2n) is 12.8. The molecule has 1 aliphatic heterocycles. The summed E-state index contributed by atoms with van der Waals surface area (Å²) >= 11 is 0. The van der Waals surface area contributed by atoms with Crippen molar-refractivity contribution in [1.82, 2.24) is 0 Å². The molecule has 2 aliphatic rings. The molecule has 7 nitrogen and oxygen atoms in total. The van der Waals surface area contributed by atoms with Gasteiger partial charge in [0.1, 0.15) is 12.2 Å². The first-order valence-corrected chi connectivity index (χ1v) is 14.0. The van der Waals surface area contributed by atoms with Gasteiger partial charge in [-0.05, 0) is 94.4 Å². The Morgan fingerprint density at radius 3 is 1.95 bits per heavy atom. The van der Waals surface area contributed by atoms with E-state index in [0.717, 1.165) is 22.3 Å². The van der Waals surface area contributed by atoms with Crippen molar-refractivity contribution < 1.29 is 28.4 Å². The fourth-order valence-corrected chi connectivity index (χ4v) is 5.19. The molecule has 3 aromatic rings. The first-order chi connectivity index (χ1) is 19.2. The average Bonchev–Trinajstić information content (AvgIpc) is 3.34. The van der Waals surface area contributed by atoms with E-state index in [4.69, 9.17) is 18.8 Å². The van der Waals surface area contributed by atoms with E-state index in [1.807, 2.05) is 72.7 Å². The van der Waals surface area contributed by atoms with Gasteiger partial charge in [-0.25, -0.2) is 9.59 Å². The summed E-state index contributed by atoms with van der Waals surface area (Å²) < 4.78 is 24.0. The number of hydrogen-bond acceptors (Lipinski definition) is 6. The van der Waals surface area contributed by atoms with E-state index < -0.39 is 36.0 Å². The van der Waals surface area contributed by atoms with Crippen LogP contribution < -0.4 is 10.4 Å². The number of hydrogen-bond donors (Lipinski definition) is 0. The van der Waals surface area contributed by atoms with E-state index in [9.17, 15) is 9.59 Å². The Bertz CT molecular complexity index is 1430. The van der Waals surface area contributed by atoms with Crippen LogP contribution in [0, 0.1) is 0 Å². The lowest BCUT2D eigenvalue weighted by Gasteiger charge is -2.32. The Morgan fingerprint density at radius 2 is 1.41 bits per heavy atom. The molecule has 8 heteroatoms. The van der Waals surface area contributed by atoms with Gasteiger partial charge in [0.25, 0.3) is 0 Å². The smallest absolute Gasteiger partial charge is 0.456 e. The number of fused-ring (bicyclic) bond motifs is 3. The number of carbonyl (C=O) groups excluding carboxylic acids is 2. The third kappa shape index (κ3) is 5.63. The van der Waals surface area contributed by atoms with Gasteiger partial charge in [0, 0.05) is 18.7 Å². The first kappa shape index (κ1) is 28.9. The van der Waals surface area contributed by atoms with Gasteiger partial charge < -0.3 is 18.8 Å². The van der Waals surface area contributed by atoms with E-state index in [1.54, 1.807) is 25.2 Å². The van der Waals surface area contributed by atoms with Crippen LogP contribution in [0.2, 0.25) is 0 Å². The van der Waals surface area contributed by atoms with Crippen LogP contribution in [0.3, 0.4) is 0 Å². The molecule has 0 bridgehead atoms. The van der Waals surface area contributed by atoms with Crippen LogP contribution in [0.4, 0.5) is 10.5 Å². The van der Waals surface area contributed by atoms with Crippen molar-refractivity contribution in [2.75, 3.05) is 18.6 Å². The number of benzene rings is 3. The predicted octanol–water partition coefficient (Wildman–Crippen LogP) is 6.33. The first-order valence-electron chi connectivity index (χ1n) is 14.0. The summed E-state index contributed by atoms with van der Waals surface area (Å²) in [5.74, 6) is -0.564. The lowest BCUT2D eigenvalue weighted by molar-refractivity contribution is 0.00578. The van der Waals surface area contributed by atoms with E-state index in [-0.39, 0.29) is 12.5 Å². The second kappa shape index (κ2) is 10.3. The van der Waals surface area contributed by atoms with E-state index in [1.165, 1.54) is 4.90 Å². The summed E-state index contributed by atoms with van der Waals surface area (Å²) in [4.78, 5) is 27.9. The largest absolute Gasteiger partial charge is 0.494 e. The topological polar surface area (TPSA) is 74.3 Å². The van der Waals surface area contributed by atoms with E-state index in [2.05, 4.69) is 24.3 Å². The van der Waals surface area contributed by atoms with Crippen LogP contribution in [0.25, 0.3) is 11.1 Å². The molecular formula is C33H38BNO6. The third-order valence-electron chi connectivity index (χ3n) is 8.10. The number of amides is 1. The minimum Gasteiger partial charge on any atom is -0.456 e. The molecule has 0 aromatic heterocycles. The van der Waals surface area contributed by atoms with Crippen LogP contribution in [-0.2, 0) is 18.8 Å². The Balaban J connectivity index is 1.41. The Labute approximate surface area is 242 Å². The highest BCUT2D eigenvalue weighted by Gasteiger charge is 2.52. The standard InChI is InChI=1S/C33H38BNO6/c1-31(2,3)39-29(36)21-17-22(34-40-32(4,5)33(6,7)41-34)19-23(18-21)35(8)30(37)38-20-28-26-15-11-9-13-24(26)25-14-10-12-16-27(25)28/h9-19,28H,20H2,1-8H3. The number of anilines is 1. The van der Waals surface area contributed by atoms with Crippen molar-refractivity contribution >= 4 is 30.3 Å². The highest BCUT2D eigenvalue weighted by Crippen LogP contribution is 2.44. The predicted molar refractivity (Wildman–Crippen MR) is 161 cm³/mol. The van der Waals surface area contributed by atoms with Crippen molar-refractivity contribution in [2.45, 2.75) is 71.2 Å². The van der Waals surface area contributed by atoms with Crippen molar-refractivity contribution in [1.29, 1.82) is 0 Å². The van der Waals surface area contributed by atoms with E-state index in [0.29, 0.717) is 16.7 Å². The summed E-state index contributed by atoms with van der Waals surface area (Å²) in [5, 5.41) is 0. The zero-order valence-corrected chi connectivity index (χ0v) is 25.1. The SMILES string of the molecule is CN(C(=O)OCC1c2ccccc2-c2ccccc21)c1cc(B2OC(C)(C)C(C)(C)O2)cc(C(=O)OC(C)(C)C)c1. The molecule has 1 saturated heterocycles. The van der Waals surface area contributed by atoms with Gasteiger partial charge in [-0.2, -0.15) is 0 Å². The van der Waals surface area contributed by atoms with Crippen molar-refractivity contribution in [2.24, 2.45) is 0 Å². The molecule has 0 radical (unpaired) electrons. The number of rotatable bonds is 5. The van der Waals surface area contributed by atoms with Gasteiger partial charge in [-0.3, -0.25) is 4.90 Å². The maximum Gasteiger partial charge on any atom is 0.494 e. The lowest BCUT2D eigenvalue weighted by atomic mass is 9.78. The van der Waals surface area contributed by atoms with Crippen molar-refractivity contribution in [3.8, 4) is 11.1 Å². The second-order valence-corrected chi connectivity index (χ2v) is 12.8. The molecule has 1 fully saturated rings. The quantitative estimate of drug-likeness (QED) is 0.271. The van der Waals surface area contributed by atoms with Crippen LogP contribution in [0.15, 0.2) is 66.7 Å². The highest BCUT2D eigenvalue weighted by atomic mass is 16.7. The van der Waals surface area contributed by atoms with Gasteiger partial charge >= 0.3 is 19.2 Å². The molecule has 0 saturated carbocycles. The summed E-state index contributed by atoms with van der Waals surface area (Å²) in [5.41, 5.74) is 4.14. The molecular weight excluding hydrogens is 517 g/mol. The fraction of sp³-hybridized carbons (Fsp3) is 0.394. The van der Waals surface area contributed by atoms with Gasteiger partial charge in [0.15, 0.2) is 0 Å². The highest BCUT2D eigenvalue weighted by molar-refractivity contribution is 6.62. The molecule has 1 heterocycles. The number of ether oxygens (including phenoxy) is 2.